The summed E-state index contributed by atoms with van der Waals surface area (Å²) in [5, 5.41) is 6.77. The minimum Gasteiger partial charge on any atom is -0.364 e. The molecule has 2 aliphatic rings. The van der Waals surface area contributed by atoms with Gasteiger partial charge in [0.2, 0.25) is 0 Å². The Labute approximate surface area is 189 Å². The number of rotatable bonds is 6. The first kappa shape index (κ1) is 21.6. The third-order valence-electron chi connectivity index (χ3n) is 5.67. The van der Waals surface area contributed by atoms with Crippen LogP contribution in [0.5, 0.6) is 0 Å². The molecule has 0 aromatic heterocycles. The molecule has 4 nitrogen and oxygen atoms in total. The minimum absolute atomic E-state index is 0. The van der Waals surface area contributed by atoms with Crippen molar-refractivity contribution in [3.8, 4) is 0 Å². The summed E-state index contributed by atoms with van der Waals surface area (Å²) in [4.78, 5) is 6.67. The molecule has 0 saturated heterocycles. The lowest BCUT2D eigenvalue weighted by Gasteiger charge is -2.20. The molecule has 29 heavy (non-hydrogen) atoms. The standard InChI is InChI=1S/C23H27FN4.HI/c1-25-22(27-17-23(11-12-23)20-9-2-3-10-21(20)24)26-16-18-7-6-8-19(15-18)28-13-4-5-14-28;/h2-10,15H,11-14,16-17H2,1H3,(H2,25,26,27);1H. The van der Waals surface area contributed by atoms with Gasteiger partial charge in [-0.2, -0.15) is 0 Å². The van der Waals surface area contributed by atoms with E-state index in [0.717, 1.165) is 37.5 Å². The van der Waals surface area contributed by atoms with E-state index in [1.807, 2.05) is 12.1 Å². The predicted molar refractivity (Wildman–Crippen MR) is 129 cm³/mol. The highest BCUT2D eigenvalue weighted by molar-refractivity contribution is 14.0. The maximum absolute atomic E-state index is 14.2. The SMILES string of the molecule is CN=C(NCc1cccc(N2CC=CC2)c1)NCC1(c2ccccc2F)CC1.I. The molecule has 0 radical (unpaired) electrons. The Morgan fingerprint density at radius 2 is 1.83 bits per heavy atom. The number of hydrogen-bond donors (Lipinski definition) is 2. The molecule has 4 rings (SSSR count). The number of halogens is 2. The molecule has 6 heteroatoms. The van der Waals surface area contributed by atoms with Crippen molar-refractivity contribution in [2.75, 3.05) is 31.6 Å². The quantitative estimate of drug-likeness (QED) is 0.267. The van der Waals surface area contributed by atoms with E-state index in [-0.39, 0.29) is 35.2 Å². The molecule has 0 atom stereocenters. The predicted octanol–water partition coefficient (Wildman–Crippen LogP) is 4.22. The first-order valence-corrected chi connectivity index (χ1v) is 9.89. The molecule has 1 heterocycles. The maximum Gasteiger partial charge on any atom is 0.191 e. The topological polar surface area (TPSA) is 39.7 Å². The lowest BCUT2D eigenvalue weighted by Crippen LogP contribution is -2.41. The van der Waals surface area contributed by atoms with Crippen LogP contribution in [-0.4, -0.2) is 32.6 Å². The summed E-state index contributed by atoms with van der Waals surface area (Å²) in [6, 6.07) is 15.7. The van der Waals surface area contributed by atoms with Crippen molar-refractivity contribution in [1.29, 1.82) is 0 Å². The van der Waals surface area contributed by atoms with E-state index in [1.54, 1.807) is 19.2 Å². The van der Waals surface area contributed by atoms with Crippen molar-refractivity contribution in [1.82, 2.24) is 10.6 Å². The van der Waals surface area contributed by atoms with E-state index in [2.05, 4.69) is 56.9 Å². The van der Waals surface area contributed by atoms with Crippen molar-refractivity contribution in [3.05, 3.63) is 77.6 Å². The zero-order valence-corrected chi connectivity index (χ0v) is 19.0. The van der Waals surface area contributed by atoms with Gasteiger partial charge in [0.15, 0.2) is 5.96 Å². The number of anilines is 1. The minimum atomic E-state index is -0.113. The molecule has 0 unspecified atom stereocenters. The lowest BCUT2D eigenvalue weighted by atomic mass is 9.95. The maximum atomic E-state index is 14.2. The third kappa shape index (κ3) is 5.10. The van der Waals surface area contributed by atoms with Crippen LogP contribution in [0.3, 0.4) is 0 Å². The Morgan fingerprint density at radius 3 is 2.52 bits per heavy atom. The second kappa shape index (κ2) is 9.61. The average molecular weight is 506 g/mol. The fourth-order valence-electron chi connectivity index (χ4n) is 3.79. The van der Waals surface area contributed by atoms with E-state index in [1.165, 1.54) is 11.3 Å². The molecule has 2 aromatic rings. The average Bonchev–Trinajstić information content (AvgIpc) is 3.30. The van der Waals surface area contributed by atoms with Crippen molar-refractivity contribution >= 4 is 35.6 Å². The third-order valence-corrected chi connectivity index (χ3v) is 5.67. The van der Waals surface area contributed by atoms with Gasteiger partial charge in [0.25, 0.3) is 0 Å². The number of guanidine groups is 1. The second-order valence-corrected chi connectivity index (χ2v) is 7.59. The summed E-state index contributed by atoms with van der Waals surface area (Å²) in [5.41, 5.74) is 3.15. The zero-order chi connectivity index (χ0) is 19.4. The summed E-state index contributed by atoms with van der Waals surface area (Å²) in [7, 11) is 1.77. The second-order valence-electron chi connectivity index (χ2n) is 7.59. The van der Waals surface area contributed by atoms with Gasteiger partial charge >= 0.3 is 0 Å². The normalized spacial score (nSPS) is 17.0. The fourth-order valence-corrected chi connectivity index (χ4v) is 3.79. The fraction of sp³-hybridized carbons (Fsp3) is 0.348. The Hall–Kier alpha value is -2.09. The molecular weight excluding hydrogens is 478 g/mol. The number of hydrogen-bond acceptors (Lipinski definition) is 2. The molecule has 154 valence electrons. The van der Waals surface area contributed by atoms with Crippen molar-refractivity contribution in [2.45, 2.75) is 24.8 Å². The molecule has 1 aliphatic heterocycles. The van der Waals surface area contributed by atoms with Gasteiger partial charge < -0.3 is 15.5 Å². The van der Waals surface area contributed by atoms with Crippen LogP contribution < -0.4 is 15.5 Å². The van der Waals surface area contributed by atoms with Crippen LogP contribution in [0, 0.1) is 5.82 Å². The number of aliphatic imine (C=N–C) groups is 1. The summed E-state index contributed by atoms with van der Waals surface area (Å²) in [6.45, 7) is 3.32. The first-order valence-electron chi connectivity index (χ1n) is 9.89. The van der Waals surface area contributed by atoms with Crippen LogP contribution in [0.1, 0.15) is 24.0 Å². The van der Waals surface area contributed by atoms with E-state index in [0.29, 0.717) is 13.1 Å². The van der Waals surface area contributed by atoms with Crippen LogP contribution in [-0.2, 0) is 12.0 Å². The molecule has 1 saturated carbocycles. The Balaban J connectivity index is 0.00000240. The molecular formula is C23H28FIN4. The van der Waals surface area contributed by atoms with Gasteiger partial charge in [-0.15, -0.1) is 24.0 Å². The van der Waals surface area contributed by atoms with Gasteiger partial charge in [-0.3, -0.25) is 4.99 Å². The van der Waals surface area contributed by atoms with Crippen LogP contribution in [0.15, 0.2) is 65.7 Å². The highest BCUT2D eigenvalue weighted by atomic mass is 127. The molecule has 2 aromatic carbocycles. The zero-order valence-electron chi connectivity index (χ0n) is 16.7. The van der Waals surface area contributed by atoms with Crippen molar-refractivity contribution in [2.24, 2.45) is 4.99 Å². The van der Waals surface area contributed by atoms with E-state index in [4.69, 9.17) is 0 Å². The molecule has 2 N–H and O–H groups in total. The van der Waals surface area contributed by atoms with Gasteiger partial charge in [-0.05, 0) is 42.2 Å². The first-order chi connectivity index (χ1) is 13.7. The molecule has 1 aliphatic carbocycles. The van der Waals surface area contributed by atoms with E-state index < -0.39 is 0 Å². The Kier molecular flexibility index (Phi) is 7.16. The number of benzene rings is 2. The number of nitrogens with one attached hydrogen (secondary N) is 2. The monoisotopic (exact) mass is 506 g/mol. The molecule has 1 fully saturated rings. The summed E-state index contributed by atoms with van der Waals surface area (Å²) >= 11 is 0. The smallest absolute Gasteiger partial charge is 0.191 e. The molecule has 0 bridgehead atoms. The van der Waals surface area contributed by atoms with Crippen LogP contribution in [0.25, 0.3) is 0 Å². The van der Waals surface area contributed by atoms with Gasteiger partial charge in [-0.25, -0.2) is 4.39 Å². The van der Waals surface area contributed by atoms with E-state index in [9.17, 15) is 4.39 Å². The summed E-state index contributed by atoms with van der Waals surface area (Å²) in [5.74, 6) is 0.633. The Morgan fingerprint density at radius 1 is 1.07 bits per heavy atom. The van der Waals surface area contributed by atoms with E-state index >= 15 is 0 Å². The van der Waals surface area contributed by atoms with Gasteiger partial charge in [0.05, 0.1) is 0 Å². The highest BCUT2D eigenvalue weighted by Crippen LogP contribution is 2.48. The summed E-state index contributed by atoms with van der Waals surface area (Å²) < 4.78 is 14.2. The Bertz CT molecular complexity index is 884. The number of nitrogens with zero attached hydrogens (tertiary/aromatic N) is 2. The van der Waals surface area contributed by atoms with Crippen molar-refractivity contribution < 1.29 is 4.39 Å². The van der Waals surface area contributed by atoms with Gasteiger partial charge in [0, 0.05) is 44.3 Å². The highest BCUT2D eigenvalue weighted by Gasteiger charge is 2.45. The summed E-state index contributed by atoms with van der Waals surface area (Å²) in [6.07, 6.45) is 6.40. The molecule has 0 amide bonds. The van der Waals surface area contributed by atoms with Crippen LogP contribution in [0.2, 0.25) is 0 Å². The largest absolute Gasteiger partial charge is 0.364 e. The molecule has 0 spiro atoms. The van der Waals surface area contributed by atoms with Crippen LogP contribution in [0.4, 0.5) is 10.1 Å². The van der Waals surface area contributed by atoms with Crippen LogP contribution >= 0.6 is 24.0 Å². The van der Waals surface area contributed by atoms with Gasteiger partial charge in [0.1, 0.15) is 5.82 Å². The van der Waals surface area contributed by atoms with Crippen molar-refractivity contribution in [3.63, 3.8) is 0 Å². The lowest BCUT2D eigenvalue weighted by molar-refractivity contribution is 0.559. The van der Waals surface area contributed by atoms with Gasteiger partial charge in [-0.1, -0.05) is 42.5 Å².